The fourth-order valence-corrected chi connectivity index (χ4v) is 2.99. The minimum Gasteiger partial charge on any atom is -0.359 e. The number of hydrogen-bond donors (Lipinski definition) is 1. The van der Waals surface area contributed by atoms with Crippen LogP contribution in [0.1, 0.15) is 59.8 Å². The van der Waals surface area contributed by atoms with E-state index in [-0.39, 0.29) is 5.54 Å². The van der Waals surface area contributed by atoms with E-state index in [0.29, 0.717) is 0 Å². The minimum atomic E-state index is 0.237. The van der Waals surface area contributed by atoms with Crippen molar-refractivity contribution in [3.05, 3.63) is 0 Å². The first-order valence-corrected chi connectivity index (χ1v) is 7.93. The molecule has 1 saturated heterocycles. The summed E-state index contributed by atoms with van der Waals surface area (Å²) in [6.45, 7) is 10.1. The Kier molecular flexibility index (Phi) is 6.39. The SMILES string of the molecule is CC(C)CCCCCCN=C1NC(C)(C)CS1. The average Bonchev–Trinajstić information content (AvgIpc) is 2.56. The van der Waals surface area contributed by atoms with Crippen LogP contribution in [-0.4, -0.2) is 23.0 Å². The second kappa shape index (κ2) is 7.30. The number of hydrogen-bond acceptors (Lipinski definition) is 2. The van der Waals surface area contributed by atoms with E-state index in [2.05, 4.69) is 38.0 Å². The highest BCUT2D eigenvalue weighted by atomic mass is 32.2. The van der Waals surface area contributed by atoms with Gasteiger partial charge in [0.1, 0.15) is 0 Å². The van der Waals surface area contributed by atoms with Gasteiger partial charge < -0.3 is 5.32 Å². The Hall–Kier alpha value is -0.180. The van der Waals surface area contributed by atoms with E-state index in [4.69, 9.17) is 0 Å². The summed E-state index contributed by atoms with van der Waals surface area (Å²) in [4.78, 5) is 4.62. The summed E-state index contributed by atoms with van der Waals surface area (Å²) >= 11 is 1.86. The molecule has 0 bridgehead atoms. The molecule has 3 heteroatoms. The number of nitrogens with one attached hydrogen (secondary N) is 1. The highest BCUT2D eigenvalue weighted by Gasteiger charge is 2.26. The molecule has 0 aromatic carbocycles. The van der Waals surface area contributed by atoms with E-state index in [9.17, 15) is 0 Å². The summed E-state index contributed by atoms with van der Waals surface area (Å²) < 4.78 is 0. The van der Waals surface area contributed by atoms with Crippen molar-refractivity contribution in [2.45, 2.75) is 65.3 Å². The van der Waals surface area contributed by atoms with Crippen LogP contribution >= 0.6 is 11.8 Å². The molecule has 0 atom stereocenters. The van der Waals surface area contributed by atoms with Crippen LogP contribution < -0.4 is 5.32 Å². The quantitative estimate of drug-likeness (QED) is 0.695. The zero-order chi connectivity index (χ0) is 12.7. The third kappa shape index (κ3) is 6.97. The fraction of sp³-hybridized carbons (Fsp3) is 0.929. The van der Waals surface area contributed by atoms with Gasteiger partial charge >= 0.3 is 0 Å². The second-order valence-corrected chi connectivity index (χ2v) is 7.05. The van der Waals surface area contributed by atoms with Crippen LogP contribution in [0.3, 0.4) is 0 Å². The molecule has 0 aliphatic carbocycles. The number of unbranched alkanes of at least 4 members (excludes halogenated alkanes) is 3. The largest absolute Gasteiger partial charge is 0.359 e. The predicted octanol–water partition coefficient (Wildman–Crippen LogP) is 4.06. The molecular formula is C14H28N2S. The molecular weight excluding hydrogens is 228 g/mol. The summed E-state index contributed by atoms with van der Waals surface area (Å²) in [6, 6.07) is 0. The van der Waals surface area contributed by atoms with E-state index in [1.54, 1.807) is 0 Å². The smallest absolute Gasteiger partial charge is 0.157 e. The van der Waals surface area contributed by atoms with Crippen LogP contribution in [-0.2, 0) is 0 Å². The van der Waals surface area contributed by atoms with Gasteiger partial charge in [0.25, 0.3) is 0 Å². The number of aliphatic imine (C=N–C) groups is 1. The van der Waals surface area contributed by atoms with Crippen LogP contribution in [0.15, 0.2) is 4.99 Å². The molecule has 0 saturated carbocycles. The Balaban J connectivity index is 1.99. The molecule has 0 amide bonds. The van der Waals surface area contributed by atoms with Crippen molar-refractivity contribution in [3.8, 4) is 0 Å². The lowest BCUT2D eigenvalue weighted by Gasteiger charge is -2.15. The van der Waals surface area contributed by atoms with E-state index in [1.165, 1.54) is 32.1 Å². The standard InChI is InChI=1S/C14H28N2S/c1-12(2)9-7-5-6-8-10-15-13-16-14(3,4)11-17-13/h12H,5-11H2,1-4H3,(H,15,16). The van der Waals surface area contributed by atoms with Crippen molar-refractivity contribution < 1.29 is 0 Å². The lowest BCUT2D eigenvalue weighted by molar-refractivity contribution is 0.520. The van der Waals surface area contributed by atoms with Gasteiger partial charge in [0.05, 0.1) is 0 Å². The van der Waals surface area contributed by atoms with Gasteiger partial charge in [-0.05, 0) is 26.2 Å². The fourth-order valence-electron chi connectivity index (χ4n) is 1.89. The van der Waals surface area contributed by atoms with E-state index in [1.807, 2.05) is 11.8 Å². The molecule has 1 aliphatic heterocycles. The van der Waals surface area contributed by atoms with Crippen molar-refractivity contribution >= 4 is 16.9 Å². The maximum atomic E-state index is 4.62. The molecule has 0 spiro atoms. The first-order valence-electron chi connectivity index (χ1n) is 6.95. The highest BCUT2D eigenvalue weighted by molar-refractivity contribution is 8.14. The molecule has 0 aromatic heterocycles. The molecule has 17 heavy (non-hydrogen) atoms. The van der Waals surface area contributed by atoms with Crippen LogP contribution in [0.4, 0.5) is 0 Å². The third-order valence-electron chi connectivity index (χ3n) is 2.96. The summed E-state index contributed by atoms with van der Waals surface area (Å²) in [7, 11) is 0. The number of thioether (sulfide) groups is 1. The zero-order valence-electron chi connectivity index (χ0n) is 11.9. The normalized spacial score (nSPS) is 21.1. The van der Waals surface area contributed by atoms with E-state index < -0.39 is 0 Å². The Morgan fingerprint density at radius 1 is 1.24 bits per heavy atom. The molecule has 0 unspecified atom stereocenters. The summed E-state index contributed by atoms with van der Waals surface area (Å²) in [5, 5.41) is 4.61. The molecule has 1 aliphatic rings. The van der Waals surface area contributed by atoms with Gasteiger partial charge in [0, 0.05) is 17.8 Å². The van der Waals surface area contributed by atoms with Crippen LogP contribution in [0.5, 0.6) is 0 Å². The van der Waals surface area contributed by atoms with Gasteiger partial charge in [-0.25, -0.2) is 0 Å². The van der Waals surface area contributed by atoms with Gasteiger partial charge in [-0.15, -0.1) is 0 Å². The summed E-state index contributed by atoms with van der Waals surface area (Å²) in [5.41, 5.74) is 0.237. The molecule has 1 heterocycles. The van der Waals surface area contributed by atoms with Gasteiger partial charge in [-0.3, -0.25) is 4.99 Å². The van der Waals surface area contributed by atoms with E-state index in [0.717, 1.165) is 23.4 Å². The summed E-state index contributed by atoms with van der Waals surface area (Å²) in [6.07, 6.45) is 6.70. The Morgan fingerprint density at radius 3 is 2.53 bits per heavy atom. The number of rotatable bonds is 7. The van der Waals surface area contributed by atoms with Gasteiger partial charge in [-0.2, -0.15) is 0 Å². The lowest BCUT2D eigenvalue weighted by Crippen LogP contribution is -2.36. The monoisotopic (exact) mass is 256 g/mol. The molecule has 2 nitrogen and oxygen atoms in total. The molecule has 1 rings (SSSR count). The maximum Gasteiger partial charge on any atom is 0.157 e. The Labute approximate surface area is 111 Å². The van der Waals surface area contributed by atoms with Gasteiger partial charge in [0.15, 0.2) is 5.17 Å². The van der Waals surface area contributed by atoms with E-state index >= 15 is 0 Å². The molecule has 0 radical (unpaired) electrons. The number of amidine groups is 1. The average molecular weight is 256 g/mol. The minimum absolute atomic E-state index is 0.237. The molecule has 1 N–H and O–H groups in total. The Morgan fingerprint density at radius 2 is 1.94 bits per heavy atom. The third-order valence-corrected chi connectivity index (χ3v) is 4.33. The second-order valence-electron chi connectivity index (χ2n) is 6.08. The summed E-state index contributed by atoms with van der Waals surface area (Å²) in [5.74, 6) is 2.00. The van der Waals surface area contributed by atoms with Gasteiger partial charge in [-0.1, -0.05) is 51.3 Å². The van der Waals surface area contributed by atoms with Crippen molar-refractivity contribution in [2.75, 3.05) is 12.3 Å². The predicted molar refractivity (Wildman–Crippen MR) is 79.9 cm³/mol. The molecule has 0 aromatic rings. The Bertz CT molecular complexity index is 247. The van der Waals surface area contributed by atoms with Crippen molar-refractivity contribution in [1.29, 1.82) is 0 Å². The van der Waals surface area contributed by atoms with Crippen LogP contribution in [0.2, 0.25) is 0 Å². The van der Waals surface area contributed by atoms with Crippen LogP contribution in [0.25, 0.3) is 0 Å². The highest BCUT2D eigenvalue weighted by Crippen LogP contribution is 2.22. The topological polar surface area (TPSA) is 24.4 Å². The lowest BCUT2D eigenvalue weighted by atomic mass is 10.0. The molecule has 100 valence electrons. The maximum absolute atomic E-state index is 4.62. The molecule has 1 fully saturated rings. The van der Waals surface area contributed by atoms with Crippen LogP contribution in [0, 0.1) is 5.92 Å². The zero-order valence-corrected chi connectivity index (χ0v) is 12.7. The van der Waals surface area contributed by atoms with Crippen molar-refractivity contribution in [2.24, 2.45) is 10.9 Å². The van der Waals surface area contributed by atoms with Gasteiger partial charge in [0.2, 0.25) is 0 Å². The first-order chi connectivity index (χ1) is 7.99. The number of nitrogens with zero attached hydrogens (tertiary/aromatic N) is 1. The first kappa shape index (κ1) is 14.9. The van der Waals surface area contributed by atoms with Crippen molar-refractivity contribution in [3.63, 3.8) is 0 Å². The van der Waals surface area contributed by atoms with Crippen molar-refractivity contribution in [1.82, 2.24) is 5.32 Å².